The van der Waals surface area contributed by atoms with Gasteiger partial charge in [0.1, 0.15) is 0 Å². The van der Waals surface area contributed by atoms with E-state index < -0.39 is 19.1 Å². The molecule has 2 atom stereocenters. The van der Waals surface area contributed by atoms with E-state index in [2.05, 4.69) is 5.32 Å². The summed E-state index contributed by atoms with van der Waals surface area (Å²) in [6.07, 6.45) is 1.000. The van der Waals surface area contributed by atoms with Gasteiger partial charge in [0.2, 0.25) is 5.91 Å². The number of guanidine groups is 1. The Hall–Kier alpha value is -2.10. The van der Waals surface area contributed by atoms with Crippen LogP contribution in [0.25, 0.3) is 0 Å². The molecule has 1 aliphatic heterocycles. The van der Waals surface area contributed by atoms with Crippen molar-refractivity contribution in [1.29, 1.82) is 5.41 Å². The molecule has 2 rings (SSSR count). The lowest BCUT2D eigenvalue weighted by Crippen LogP contribution is -2.47. The summed E-state index contributed by atoms with van der Waals surface area (Å²) < 4.78 is 0. The number of rotatable bonds is 6. The number of hydrogen-bond donors (Lipinski definition) is 6. The van der Waals surface area contributed by atoms with E-state index in [1.54, 1.807) is 12.1 Å². The SMILES string of the molecule is N=C(N)NCCC[C@H](N)C(=O)N1Cc2ccccc2[C@H]1B(O)O. The number of nitrogens with two attached hydrogens (primary N) is 2. The summed E-state index contributed by atoms with van der Waals surface area (Å²) in [4.78, 5) is 14.0. The Morgan fingerprint density at radius 2 is 2.17 bits per heavy atom. The van der Waals surface area contributed by atoms with Crippen molar-refractivity contribution in [3.63, 3.8) is 0 Å². The number of benzene rings is 1. The second kappa shape index (κ2) is 7.45. The normalized spacial score (nSPS) is 17.5. The van der Waals surface area contributed by atoms with Crippen molar-refractivity contribution in [2.45, 2.75) is 31.4 Å². The van der Waals surface area contributed by atoms with Gasteiger partial charge < -0.3 is 31.7 Å². The van der Waals surface area contributed by atoms with Crippen LogP contribution in [-0.4, -0.2) is 46.5 Å². The maximum Gasteiger partial charge on any atom is 0.480 e. The number of carbonyl (C=O) groups excluding carboxylic acids is 1. The van der Waals surface area contributed by atoms with Crippen LogP contribution in [0.1, 0.15) is 29.9 Å². The first-order chi connectivity index (χ1) is 10.9. The average molecular weight is 319 g/mol. The Labute approximate surface area is 135 Å². The first-order valence-corrected chi connectivity index (χ1v) is 7.49. The Bertz CT molecular complexity index is 583. The molecule has 23 heavy (non-hydrogen) atoms. The molecule has 0 fully saturated rings. The molecule has 1 heterocycles. The molecule has 0 saturated heterocycles. The molecule has 9 heteroatoms. The molecular weight excluding hydrogens is 297 g/mol. The summed E-state index contributed by atoms with van der Waals surface area (Å²) >= 11 is 0. The van der Waals surface area contributed by atoms with E-state index in [0.29, 0.717) is 25.9 Å². The maximum absolute atomic E-state index is 12.5. The fourth-order valence-electron chi connectivity index (χ4n) is 2.83. The third-order valence-corrected chi connectivity index (χ3v) is 3.94. The first kappa shape index (κ1) is 17.3. The molecule has 0 bridgehead atoms. The van der Waals surface area contributed by atoms with E-state index in [1.165, 1.54) is 4.90 Å². The quantitative estimate of drug-likeness (QED) is 0.166. The average Bonchev–Trinajstić information content (AvgIpc) is 2.89. The van der Waals surface area contributed by atoms with Gasteiger partial charge in [0, 0.05) is 13.1 Å². The molecule has 124 valence electrons. The van der Waals surface area contributed by atoms with E-state index in [0.717, 1.165) is 11.1 Å². The minimum atomic E-state index is -1.66. The van der Waals surface area contributed by atoms with Gasteiger partial charge in [0.25, 0.3) is 0 Å². The van der Waals surface area contributed by atoms with Crippen LogP contribution in [0, 0.1) is 5.41 Å². The predicted molar refractivity (Wildman–Crippen MR) is 87.1 cm³/mol. The highest BCUT2D eigenvalue weighted by atomic mass is 16.4. The van der Waals surface area contributed by atoms with Gasteiger partial charge in [0.05, 0.1) is 12.0 Å². The monoisotopic (exact) mass is 319 g/mol. The number of nitrogens with zero attached hydrogens (tertiary/aromatic N) is 1. The fraction of sp³-hybridized carbons (Fsp3) is 0.429. The van der Waals surface area contributed by atoms with Crippen molar-refractivity contribution in [2.75, 3.05) is 6.54 Å². The van der Waals surface area contributed by atoms with Gasteiger partial charge >= 0.3 is 7.12 Å². The highest BCUT2D eigenvalue weighted by Gasteiger charge is 2.41. The number of fused-ring (bicyclic) bond motifs is 1. The van der Waals surface area contributed by atoms with Gasteiger partial charge in [-0.1, -0.05) is 24.3 Å². The van der Waals surface area contributed by atoms with Crippen LogP contribution >= 0.6 is 0 Å². The van der Waals surface area contributed by atoms with Crippen LogP contribution in [0.15, 0.2) is 24.3 Å². The third kappa shape index (κ3) is 4.01. The van der Waals surface area contributed by atoms with Gasteiger partial charge in [-0.25, -0.2) is 0 Å². The molecular formula is C14H22BN5O3. The molecule has 1 aromatic carbocycles. The van der Waals surface area contributed by atoms with Crippen LogP contribution in [0.5, 0.6) is 0 Å². The van der Waals surface area contributed by atoms with Crippen LogP contribution in [0.3, 0.4) is 0 Å². The van der Waals surface area contributed by atoms with Gasteiger partial charge in [-0.05, 0) is 24.0 Å². The highest BCUT2D eigenvalue weighted by molar-refractivity contribution is 6.43. The van der Waals surface area contributed by atoms with Gasteiger partial charge in [-0.15, -0.1) is 0 Å². The smallest absolute Gasteiger partial charge is 0.426 e. The fourth-order valence-corrected chi connectivity index (χ4v) is 2.83. The molecule has 0 spiro atoms. The van der Waals surface area contributed by atoms with Crippen LogP contribution < -0.4 is 16.8 Å². The zero-order valence-electron chi connectivity index (χ0n) is 12.8. The molecule has 0 saturated carbocycles. The van der Waals surface area contributed by atoms with E-state index in [1.807, 2.05) is 12.1 Å². The van der Waals surface area contributed by atoms with E-state index in [-0.39, 0.29) is 11.9 Å². The van der Waals surface area contributed by atoms with Crippen LogP contribution in [-0.2, 0) is 11.3 Å². The first-order valence-electron chi connectivity index (χ1n) is 7.49. The maximum atomic E-state index is 12.5. The Kier molecular flexibility index (Phi) is 5.59. The molecule has 1 amide bonds. The minimum absolute atomic E-state index is 0.122. The summed E-state index contributed by atoms with van der Waals surface area (Å²) in [6, 6.07) is 6.56. The zero-order chi connectivity index (χ0) is 17.0. The number of carbonyl (C=O) groups is 1. The highest BCUT2D eigenvalue weighted by Crippen LogP contribution is 2.34. The van der Waals surface area contributed by atoms with Crippen molar-refractivity contribution in [1.82, 2.24) is 10.2 Å². The Morgan fingerprint density at radius 3 is 2.83 bits per heavy atom. The van der Waals surface area contributed by atoms with Crippen LogP contribution in [0.4, 0.5) is 0 Å². The van der Waals surface area contributed by atoms with E-state index in [4.69, 9.17) is 16.9 Å². The molecule has 8 N–H and O–H groups in total. The zero-order valence-corrected chi connectivity index (χ0v) is 12.8. The molecule has 1 aliphatic rings. The lowest BCUT2D eigenvalue weighted by atomic mass is 9.75. The minimum Gasteiger partial charge on any atom is -0.426 e. The molecule has 8 nitrogen and oxygen atoms in total. The number of nitrogens with one attached hydrogen (secondary N) is 2. The van der Waals surface area contributed by atoms with Crippen molar-refractivity contribution < 1.29 is 14.8 Å². The van der Waals surface area contributed by atoms with E-state index >= 15 is 0 Å². The van der Waals surface area contributed by atoms with Gasteiger partial charge in [-0.2, -0.15) is 0 Å². The second-order valence-electron chi connectivity index (χ2n) is 5.61. The summed E-state index contributed by atoms with van der Waals surface area (Å²) in [5.74, 6) is -1.23. The molecule has 0 aromatic heterocycles. The van der Waals surface area contributed by atoms with Gasteiger partial charge in [-0.3, -0.25) is 10.2 Å². The summed E-state index contributed by atoms with van der Waals surface area (Å²) in [7, 11) is -1.66. The Balaban J connectivity index is 2.00. The predicted octanol–water partition coefficient (Wildman–Crippen LogP) is -1.33. The summed E-state index contributed by atoms with van der Waals surface area (Å²) in [6.45, 7) is 0.777. The van der Waals surface area contributed by atoms with E-state index in [9.17, 15) is 14.8 Å². The lowest BCUT2D eigenvalue weighted by Gasteiger charge is -2.27. The molecule has 1 aromatic rings. The van der Waals surface area contributed by atoms with Crippen molar-refractivity contribution in [3.05, 3.63) is 35.4 Å². The van der Waals surface area contributed by atoms with Crippen LogP contribution in [0.2, 0.25) is 0 Å². The van der Waals surface area contributed by atoms with Crippen molar-refractivity contribution in [2.24, 2.45) is 11.5 Å². The topological polar surface area (TPSA) is 149 Å². The number of hydrogen-bond acceptors (Lipinski definition) is 5. The third-order valence-electron chi connectivity index (χ3n) is 3.94. The van der Waals surface area contributed by atoms with Gasteiger partial charge in [0.15, 0.2) is 5.96 Å². The Morgan fingerprint density at radius 1 is 1.48 bits per heavy atom. The largest absolute Gasteiger partial charge is 0.480 e. The summed E-state index contributed by atoms with van der Waals surface area (Å²) in [5, 5.41) is 29.0. The summed E-state index contributed by atoms with van der Waals surface area (Å²) in [5.41, 5.74) is 12.8. The standard InChI is InChI=1S/C14H22BN5O3/c16-11(6-3-7-19-14(17)18)13(21)20-8-9-4-1-2-5-10(9)12(20)15(22)23/h1-2,4-5,11-12,22-23H,3,6-8,16H2,(H4,17,18,19)/t11-,12-/m0/s1. The van der Waals surface area contributed by atoms with Crippen molar-refractivity contribution >= 4 is 19.0 Å². The molecule has 0 radical (unpaired) electrons. The molecule has 0 aliphatic carbocycles. The lowest BCUT2D eigenvalue weighted by molar-refractivity contribution is -0.134. The molecule has 0 unspecified atom stereocenters. The second-order valence-corrected chi connectivity index (χ2v) is 5.61. The number of amides is 1. The van der Waals surface area contributed by atoms with Crippen molar-refractivity contribution in [3.8, 4) is 0 Å².